The van der Waals surface area contributed by atoms with E-state index in [0.717, 1.165) is 18.3 Å². The Bertz CT molecular complexity index is 641. The van der Waals surface area contributed by atoms with Crippen molar-refractivity contribution in [1.29, 1.82) is 0 Å². The van der Waals surface area contributed by atoms with Crippen LogP contribution in [-0.4, -0.2) is 16.1 Å². The third-order valence-electron chi connectivity index (χ3n) is 3.82. The first-order valence-corrected chi connectivity index (χ1v) is 7.15. The molecule has 4 heteroatoms. The standard InChI is InChI=1S/C17H21N3O/c1-4-10-20-17(18)15(11-21)16(19-20)14-8-6-13(7-9-14)12(3)5-2/h4,6-9,11-12H,1,5,10,18H2,2-3H3. The Balaban J connectivity index is 2.43. The zero-order valence-corrected chi connectivity index (χ0v) is 12.5. The topological polar surface area (TPSA) is 60.9 Å². The van der Waals surface area contributed by atoms with Crippen LogP contribution >= 0.6 is 0 Å². The van der Waals surface area contributed by atoms with E-state index in [9.17, 15) is 4.79 Å². The molecular formula is C17H21N3O. The van der Waals surface area contributed by atoms with Gasteiger partial charge in [-0.25, -0.2) is 4.68 Å². The number of anilines is 1. The Morgan fingerprint density at radius 1 is 1.38 bits per heavy atom. The summed E-state index contributed by atoms with van der Waals surface area (Å²) in [6.45, 7) is 8.52. The highest BCUT2D eigenvalue weighted by Crippen LogP contribution is 2.28. The smallest absolute Gasteiger partial charge is 0.156 e. The Morgan fingerprint density at radius 3 is 2.57 bits per heavy atom. The summed E-state index contributed by atoms with van der Waals surface area (Å²) < 4.78 is 1.59. The SMILES string of the molecule is C=CCn1nc(-c2ccc(C(C)CC)cc2)c(C=O)c1N. The number of nitrogens with zero attached hydrogens (tertiary/aromatic N) is 2. The highest BCUT2D eigenvalue weighted by Gasteiger charge is 2.16. The van der Waals surface area contributed by atoms with Crippen molar-refractivity contribution in [2.75, 3.05) is 5.73 Å². The van der Waals surface area contributed by atoms with E-state index in [-0.39, 0.29) is 0 Å². The number of nitrogens with two attached hydrogens (primary N) is 1. The molecule has 0 bridgehead atoms. The Hall–Kier alpha value is -2.36. The molecule has 0 amide bonds. The van der Waals surface area contributed by atoms with Crippen molar-refractivity contribution in [2.24, 2.45) is 0 Å². The van der Waals surface area contributed by atoms with Gasteiger partial charge in [0, 0.05) is 5.56 Å². The lowest BCUT2D eigenvalue weighted by Crippen LogP contribution is -2.03. The molecule has 2 aromatic rings. The van der Waals surface area contributed by atoms with Crippen molar-refractivity contribution < 1.29 is 4.79 Å². The maximum Gasteiger partial charge on any atom is 0.156 e. The maximum atomic E-state index is 11.3. The summed E-state index contributed by atoms with van der Waals surface area (Å²) in [6, 6.07) is 8.16. The predicted octanol–water partition coefficient (Wildman–Crippen LogP) is 3.64. The van der Waals surface area contributed by atoms with Crippen LogP contribution in [0.25, 0.3) is 11.3 Å². The molecule has 0 aliphatic heterocycles. The molecule has 1 heterocycles. The average molecular weight is 283 g/mol. The lowest BCUT2D eigenvalue weighted by atomic mass is 9.96. The van der Waals surface area contributed by atoms with Gasteiger partial charge in [0.1, 0.15) is 11.5 Å². The summed E-state index contributed by atoms with van der Waals surface area (Å²) in [5, 5.41) is 4.42. The van der Waals surface area contributed by atoms with Crippen LogP contribution in [0.3, 0.4) is 0 Å². The van der Waals surface area contributed by atoms with Crippen molar-refractivity contribution in [3.63, 3.8) is 0 Å². The molecule has 0 saturated heterocycles. The van der Waals surface area contributed by atoms with Crippen LogP contribution in [0.5, 0.6) is 0 Å². The normalized spacial score (nSPS) is 12.1. The molecule has 0 radical (unpaired) electrons. The van der Waals surface area contributed by atoms with E-state index < -0.39 is 0 Å². The van der Waals surface area contributed by atoms with Crippen molar-refractivity contribution in [2.45, 2.75) is 32.7 Å². The van der Waals surface area contributed by atoms with Gasteiger partial charge in [-0.3, -0.25) is 4.79 Å². The number of hydrogen-bond donors (Lipinski definition) is 1. The van der Waals surface area contributed by atoms with E-state index in [1.165, 1.54) is 5.56 Å². The molecule has 0 saturated carbocycles. The van der Waals surface area contributed by atoms with Crippen molar-refractivity contribution in [1.82, 2.24) is 9.78 Å². The third-order valence-corrected chi connectivity index (χ3v) is 3.82. The van der Waals surface area contributed by atoms with Crippen LogP contribution in [0.4, 0.5) is 5.82 Å². The van der Waals surface area contributed by atoms with E-state index in [2.05, 4.69) is 37.7 Å². The largest absolute Gasteiger partial charge is 0.383 e. The molecule has 2 N–H and O–H groups in total. The summed E-state index contributed by atoms with van der Waals surface area (Å²) in [6.07, 6.45) is 3.56. The van der Waals surface area contributed by atoms with E-state index in [0.29, 0.717) is 29.5 Å². The van der Waals surface area contributed by atoms with Gasteiger partial charge in [0.15, 0.2) is 6.29 Å². The first-order chi connectivity index (χ1) is 10.1. The predicted molar refractivity (Wildman–Crippen MR) is 86.4 cm³/mol. The van der Waals surface area contributed by atoms with Crippen LogP contribution < -0.4 is 5.73 Å². The second kappa shape index (κ2) is 6.39. The number of carbonyl (C=O) groups excluding carboxylic acids is 1. The highest BCUT2D eigenvalue weighted by atomic mass is 16.1. The Morgan fingerprint density at radius 2 is 2.05 bits per heavy atom. The molecule has 0 fully saturated rings. The lowest BCUT2D eigenvalue weighted by Gasteiger charge is -2.09. The van der Waals surface area contributed by atoms with Crippen LogP contribution in [-0.2, 0) is 6.54 Å². The fourth-order valence-electron chi connectivity index (χ4n) is 2.28. The molecule has 1 aromatic carbocycles. The van der Waals surface area contributed by atoms with Gasteiger partial charge in [0.05, 0.1) is 12.1 Å². The number of hydrogen-bond acceptors (Lipinski definition) is 3. The number of rotatable bonds is 6. The third kappa shape index (κ3) is 2.89. The zero-order valence-electron chi connectivity index (χ0n) is 12.5. The molecule has 0 aliphatic rings. The van der Waals surface area contributed by atoms with Crippen LogP contribution in [0, 0.1) is 0 Å². The van der Waals surface area contributed by atoms with Crippen molar-refractivity contribution in [3.05, 3.63) is 48.0 Å². The molecule has 1 atom stereocenters. The minimum absolute atomic E-state index is 0.380. The van der Waals surface area contributed by atoms with Gasteiger partial charge in [-0.05, 0) is 17.9 Å². The molecule has 2 rings (SSSR count). The first kappa shape index (κ1) is 15.0. The van der Waals surface area contributed by atoms with Gasteiger partial charge in [-0.1, -0.05) is 44.2 Å². The minimum atomic E-state index is 0.380. The van der Waals surface area contributed by atoms with E-state index in [1.54, 1.807) is 10.8 Å². The highest BCUT2D eigenvalue weighted by molar-refractivity contribution is 5.91. The summed E-state index contributed by atoms with van der Waals surface area (Å²) >= 11 is 0. The molecule has 1 aromatic heterocycles. The summed E-state index contributed by atoms with van der Waals surface area (Å²) in [5.41, 5.74) is 9.21. The van der Waals surface area contributed by atoms with Gasteiger partial charge < -0.3 is 5.73 Å². The molecule has 0 spiro atoms. The number of benzene rings is 1. The van der Waals surface area contributed by atoms with Gasteiger partial charge in [-0.15, -0.1) is 6.58 Å². The minimum Gasteiger partial charge on any atom is -0.383 e. The molecular weight excluding hydrogens is 262 g/mol. The fourth-order valence-corrected chi connectivity index (χ4v) is 2.28. The Labute approximate surface area is 125 Å². The number of allylic oxidation sites excluding steroid dienone is 1. The Kier molecular flexibility index (Phi) is 4.58. The quantitative estimate of drug-likeness (QED) is 0.650. The molecule has 21 heavy (non-hydrogen) atoms. The monoisotopic (exact) mass is 283 g/mol. The van der Waals surface area contributed by atoms with Crippen LogP contribution in [0.2, 0.25) is 0 Å². The van der Waals surface area contributed by atoms with Crippen molar-refractivity contribution >= 4 is 12.1 Å². The van der Waals surface area contributed by atoms with Crippen LogP contribution in [0.15, 0.2) is 36.9 Å². The first-order valence-electron chi connectivity index (χ1n) is 7.15. The average Bonchev–Trinajstić information content (AvgIpc) is 2.83. The van der Waals surface area contributed by atoms with E-state index >= 15 is 0 Å². The van der Waals surface area contributed by atoms with Gasteiger partial charge in [-0.2, -0.15) is 5.10 Å². The van der Waals surface area contributed by atoms with Gasteiger partial charge in [0.25, 0.3) is 0 Å². The van der Waals surface area contributed by atoms with Crippen molar-refractivity contribution in [3.8, 4) is 11.3 Å². The van der Waals surface area contributed by atoms with Gasteiger partial charge in [0.2, 0.25) is 0 Å². The lowest BCUT2D eigenvalue weighted by molar-refractivity contribution is 0.112. The fraction of sp³-hybridized carbons (Fsp3) is 0.294. The molecule has 110 valence electrons. The summed E-state index contributed by atoms with van der Waals surface area (Å²) in [4.78, 5) is 11.3. The molecule has 4 nitrogen and oxygen atoms in total. The second-order valence-electron chi connectivity index (χ2n) is 5.17. The molecule has 1 unspecified atom stereocenters. The number of nitrogen functional groups attached to an aromatic ring is 1. The van der Waals surface area contributed by atoms with E-state index in [1.807, 2.05) is 12.1 Å². The zero-order chi connectivity index (χ0) is 15.4. The summed E-state index contributed by atoms with van der Waals surface area (Å²) in [7, 11) is 0. The number of aldehydes is 1. The second-order valence-corrected chi connectivity index (χ2v) is 5.17. The number of aromatic nitrogens is 2. The van der Waals surface area contributed by atoms with Gasteiger partial charge >= 0.3 is 0 Å². The maximum absolute atomic E-state index is 11.3. The van der Waals surface area contributed by atoms with E-state index in [4.69, 9.17) is 5.73 Å². The number of carbonyl (C=O) groups is 1. The summed E-state index contributed by atoms with van der Waals surface area (Å²) in [5.74, 6) is 0.902. The van der Waals surface area contributed by atoms with Crippen LogP contribution in [0.1, 0.15) is 42.1 Å². The molecule has 0 aliphatic carbocycles.